The molecule has 22 heavy (non-hydrogen) atoms. The molecule has 1 atom stereocenters. The van der Waals surface area contributed by atoms with Gasteiger partial charge in [-0.2, -0.15) is 0 Å². The highest BCUT2D eigenvalue weighted by Crippen LogP contribution is 2.23. The van der Waals surface area contributed by atoms with Crippen molar-refractivity contribution in [2.45, 2.75) is 32.7 Å². The van der Waals surface area contributed by atoms with Crippen LogP contribution in [-0.2, 0) is 0 Å². The van der Waals surface area contributed by atoms with Crippen molar-refractivity contribution in [1.29, 1.82) is 0 Å². The molecule has 1 heterocycles. The predicted molar refractivity (Wildman–Crippen MR) is 82.4 cm³/mol. The third kappa shape index (κ3) is 4.05. The second-order valence-corrected chi connectivity index (χ2v) is 4.99. The van der Waals surface area contributed by atoms with Crippen LogP contribution in [0.2, 0.25) is 0 Å². The number of aliphatic hydroxyl groups excluding tert-OH is 1. The monoisotopic (exact) mass is 304 g/mol. The molecule has 0 saturated heterocycles. The molecular weight excluding hydrogens is 284 g/mol. The number of urea groups is 1. The van der Waals surface area contributed by atoms with E-state index < -0.39 is 0 Å². The van der Waals surface area contributed by atoms with Crippen molar-refractivity contribution in [1.82, 2.24) is 15.5 Å². The number of aryl methyl sites for hydroxylation is 1. The van der Waals surface area contributed by atoms with Crippen LogP contribution < -0.4 is 10.6 Å². The summed E-state index contributed by atoms with van der Waals surface area (Å²) < 4.78 is 5.15. The molecule has 0 aliphatic carbocycles. The molecule has 0 bridgehead atoms. The minimum atomic E-state index is -0.300. The smallest absolute Gasteiger partial charge is 0.319 e. The number of benzene rings is 1. The zero-order chi connectivity index (χ0) is 15.9. The van der Waals surface area contributed by atoms with Gasteiger partial charge in [0, 0.05) is 23.9 Å². The van der Waals surface area contributed by atoms with Gasteiger partial charge in [-0.3, -0.25) is 0 Å². The molecule has 2 amide bonds. The summed E-state index contributed by atoms with van der Waals surface area (Å²) in [5.41, 5.74) is 2.33. The lowest BCUT2D eigenvalue weighted by Crippen LogP contribution is -2.38. The summed E-state index contributed by atoms with van der Waals surface area (Å²) in [5, 5.41) is 22.1. The van der Waals surface area contributed by atoms with Gasteiger partial charge in [0.2, 0.25) is 12.3 Å². The number of carbonyl (C=O) groups is 1. The third-order valence-corrected chi connectivity index (χ3v) is 3.40. The van der Waals surface area contributed by atoms with Gasteiger partial charge in [-0.05, 0) is 37.5 Å². The fourth-order valence-electron chi connectivity index (χ4n) is 2.07. The van der Waals surface area contributed by atoms with Gasteiger partial charge in [0.05, 0.1) is 0 Å². The highest BCUT2D eigenvalue weighted by molar-refractivity contribution is 5.91. The van der Waals surface area contributed by atoms with Gasteiger partial charge in [-0.15, -0.1) is 10.2 Å². The molecule has 1 unspecified atom stereocenters. The summed E-state index contributed by atoms with van der Waals surface area (Å²) >= 11 is 0. The number of carbonyl (C=O) groups excluding carboxylic acids is 1. The molecule has 0 aliphatic heterocycles. The molecule has 0 radical (unpaired) electrons. The fourth-order valence-corrected chi connectivity index (χ4v) is 2.07. The van der Waals surface area contributed by atoms with Crippen LogP contribution in [-0.4, -0.2) is 34.0 Å². The number of rotatable bonds is 6. The van der Waals surface area contributed by atoms with Crippen LogP contribution in [0, 0.1) is 6.92 Å². The average molecular weight is 304 g/mol. The van der Waals surface area contributed by atoms with Gasteiger partial charge in [0.25, 0.3) is 0 Å². The Kier molecular flexibility index (Phi) is 5.48. The summed E-state index contributed by atoms with van der Waals surface area (Å²) in [5.74, 6) is 0.398. The van der Waals surface area contributed by atoms with Gasteiger partial charge >= 0.3 is 6.03 Å². The number of anilines is 1. The Labute approximate surface area is 128 Å². The molecule has 1 aromatic heterocycles. The maximum absolute atomic E-state index is 12.1. The molecule has 7 nitrogen and oxygen atoms in total. The normalized spacial score (nSPS) is 12.0. The van der Waals surface area contributed by atoms with Crippen molar-refractivity contribution in [3.8, 4) is 11.5 Å². The molecule has 0 fully saturated rings. The fraction of sp³-hybridized carbons (Fsp3) is 0.400. The van der Waals surface area contributed by atoms with E-state index >= 15 is 0 Å². The lowest BCUT2D eigenvalue weighted by Gasteiger charge is -2.17. The number of hydrogen-bond donors (Lipinski definition) is 3. The molecular formula is C15H20N4O3. The van der Waals surface area contributed by atoms with Gasteiger partial charge < -0.3 is 20.2 Å². The summed E-state index contributed by atoms with van der Waals surface area (Å²) in [6.45, 7) is 3.91. The summed E-state index contributed by atoms with van der Waals surface area (Å²) in [6, 6.07) is 5.16. The quantitative estimate of drug-likeness (QED) is 0.760. The number of nitrogens with one attached hydrogen (secondary N) is 2. The van der Waals surface area contributed by atoms with E-state index in [1.807, 2.05) is 26.0 Å². The number of amides is 2. The van der Waals surface area contributed by atoms with E-state index in [0.29, 0.717) is 18.0 Å². The molecule has 3 N–H and O–H groups in total. The van der Waals surface area contributed by atoms with Crippen LogP contribution in [0.25, 0.3) is 11.5 Å². The van der Waals surface area contributed by atoms with E-state index in [-0.39, 0.29) is 18.7 Å². The molecule has 0 aliphatic rings. The number of aromatic nitrogens is 2. The molecule has 1 aromatic carbocycles. The first kappa shape index (κ1) is 16.0. The summed E-state index contributed by atoms with van der Waals surface area (Å²) in [7, 11) is 0. The van der Waals surface area contributed by atoms with E-state index in [9.17, 15) is 4.79 Å². The predicted octanol–water partition coefficient (Wildman–Crippen LogP) is 2.33. The zero-order valence-electron chi connectivity index (χ0n) is 12.7. The molecule has 0 spiro atoms. The molecule has 0 saturated carbocycles. The van der Waals surface area contributed by atoms with Crippen molar-refractivity contribution in [3.63, 3.8) is 0 Å². The molecule has 118 valence electrons. The topological polar surface area (TPSA) is 100 Å². The van der Waals surface area contributed by atoms with E-state index in [1.165, 1.54) is 6.39 Å². The Hall–Kier alpha value is -2.41. The highest BCUT2D eigenvalue weighted by atomic mass is 16.4. The summed E-state index contributed by atoms with van der Waals surface area (Å²) in [6.07, 6.45) is 2.55. The van der Waals surface area contributed by atoms with Crippen LogP contribution in [0.15, 0.2) is 29.0 Å². The Morgan fingerprint density at radius 3 is 2.91 bits per heavy atom. The molecule has 7 heteroatoms. The van der Waals surface area contributed by atoms with Crippen LogP contribution >= 0.6 is 0 Å². The van der Waals surface area contributed by atoms with Crippen LogP contribution in [0.1, 0.15) is 25.3 Å². The van der Waals surface area contributed by atoms with Crippen LogP contribution in [0.3, 0.4) is 0 Å². The first-order valence-electron chi connectivity index (χ1n) is 7.19. The minimum Gasteiger partial charge on any atom is -0.423 e. The Bertz CT molecular complexity index is 613. The van der Waals surface area contributed by atoms with Crippen molar-refractivity contribution in [3.05, 3.63) is 30.2 Å². The lowest BCUT2D eigenvalue weighted by molar-refractivity contribution is 0.237. The first-order chi connectivity index (χ1) is 10.6. The van der Waals surface area contributed by atoms with Crippen molar-refractivity contribution in [2.75, 3.05) is 11.9 Å². The molecule has 2 aromatic rings. The second-order valence-electron chi connectivity index (χ2n) is 4.99. The average Bonchev–Trinajstić information content (AvgIpc) is 3.03. The van der Waals surface area contributed by atoms with Crippen molar-refractivity contribution < 1.29 is 14.3 Å². The van der Waals surface area contributed by atoms with Gasteiger partial charge in [0.1, 0.15) is 0 Å². The van der Waals surface area contributed by atoms with Crippen molar-refractivity contribution >= 4 is 11.7 Å². The highest BCUT2D eigenvalue weighted by Gasteiger charge is 2.12. The Morgan fingerprint density at radius 2 is 2.27 bits per heavy atom. The van der Waals surface area contributed by atoms with E-state index in [0.717, 1.165) is 17.5 Å². The van der Waals surface area contributed by atoms with Crippen molar-refractivity contribution in [2.24, 2.45) is 0 Å². The van der Waals surface area contributed by atoms with E-state index in [2.05, 4.69) is 20.8 Å². The largest absolute Gasteiger partial charge is 0.423 e. The number of hydrogen-bond acceptors (Lipinski definition) is 5. The van der Waals surface area contributed by atoms with E-state index in [4.69, 9.17) is 9.52 Å². The number of aliphatic hydroxyl groups is 1. The second kappa shape index (κ2) is 7.56. The zero-order valence-corrected chi connectivity index (χ0v) is 12.7. The third-order valence-electron chi connectivity index (χ3n) is 3.40. The van der Waals surface area contributed by atoms with E-state index in [1.54, 1.807) is 6.07 Å². The first-order valence-corrected chi connectivity index (χ1v) is 7.19. The Morgan fingerprint density at radius 1 is 1.45 bits per heavy atom. The standard InChI is InChI=1S/C15H20N4O3/c1-3-12(6-7-20)17-15(21)18-13-8-11(5-4-10(13)2)14-19-16-9-22-14/h4-5,8-9,12,20H,3,6-7H2,1-2H3,(H2,17,18,21). The van der Waals surface area contributed by atoms with Gasteiger partial charge in [-0.1, -0.05) is 13.0 Å². The van der Waals surface area contributed by atoms with Crippen LogP contribution in [0.5, 0.6) is 0 Å². The SMILES string of the molecule is CCC(CCO)NC(=O)Nc1cc(-c2nnco2)ccc1C. The van der Waals surface area contributed by atoms with Gasteiger partial charge in [-0.25, -0.2) is 4.79 Å². The van der Waals surface area contributed by atoms with Gasteiger partial charge in [0.15, 0.2) is 0 Å². The Balaban J connectivity index is 2.08. The van der Waals surface area contributed by atoms with Crippen LogP contribution in [0.4, 0.5) is 10.5 Å². The minimum absolute atomic E-state index is 0.0461. The number of nitrogens with zero attached hydrogens (tertiary/aromatic N) is 2. The summed E-state index contributed by atoms with van der Waals surface area (Å²) in [4.78, 5) is 12.1. The maximum Gasteiger partial charge on any atom is 0.319 e. The maximum atomic E-state index is 12.1. The molecule has 2 rings (SSSR count). The lowest BCUT2D eigenvalue weighted by atomic mass is 10.1.